The Kier molecular flexibility index (Phi) is 7.00. The number of rotatable bonds is 5. The average Bonchev–Trinajstić information content (AvgIpc) is 2.51. The van der Waals surface area contributed by atoms with E-state index in [1.165, 1.54) is 12.1 Å². The summed E-state index contributed by atoms with van der Waals surface area (Å²) in [6.07, 6.45) is -0.365. The van der Waals surface area contributed by atoms with Crippen LogP contribution in [0.3, 0.4) is 0 Å². The maximum Gasteiger partial charge on any atom is 0.123 e. The number of aliphatic hydroxyl groups excluding tert-OH is 1. The summed E-state index contributed by atoms with van der Waals surface area (Å²) in [5.41, 5.74) is 0.804. The summed E-state index contributed by atoms with van der Waals surface area (Å²) in [6, 6.07) is 6.16. The van der Waals surface area contributed by atoms with E-state index in [0.717, 1.165) is 31.7 Å². The molecule has 1 heterocycles. The number of benzene rings is 1. The van der Waals surface area contributed by atoms with Crippen molar-refractivity contribution in [2.24, 2.45) is 0 Å². The second kappa shape index (κ2) is 8.99. The van der Waals surface area contributed by atoms with Crippen molar-refractivity contribution in [3.05, 3.63) is 35.6 Å². The predicted octanol–water partition coefficient (Wildman–Crippen LogP) is 0.717. The second-order valence-electron chi connectivity index (χ2n) is 6.26. The number of piperazine rings is 1. The van der Waals surface area contributed by atoms with Crippen molar-refractivity contribution in [1.29, 1.82) is 0 Å². The van der Waals surface area contributed by atoms with Crippen molar-refractivity contribution in [1.82, 2.24) is 14.7 Å². The zero-order valence-electron chi connectivity index (χ0n) is 14.0. The molecule has 23 heavy (non-hydrogen) atoms. The molecule has 0 aromatic heterocycles. The van der Waals surface area contributed by atoms with Crippen LogP contribution in [0.15, 0.2) is 24.3 Å². The van der Waals surface area contributed by atoms with Gasteiger partial charge in [0.1, 0.15) is 5.82 Å². The van der Waals surface area contributed by atoms with Crippen molar-refractivity contribution in [3.63, 3.8) is 0 Å². The van der Waals surface area contributed by atoms with Gasteiger partial charge in [0.2, 0.25) is 0 Å². The summed E-state index contributed by atoms with van der Waals surface area (Å²) in [5.74, 6) is 5.81. The third-order valence-electron chi connectivity index (χ3n) is 4.01. The lowest BCUT2D eigenvalue weighted by atomic mass is 10.2. The summed E-state index contributed by atoms with van der Waals surface area (Å²) in [4.78, 5) is 6.63. The van der Waals surface area contributed by atoms with E-state index in [1.54, 1.807) is 12.1 Å². The van der Waals surface area contributed by atoms with E-state index < -0.39 is 0 Å². The molecule has 1 unspecified atom stereocenters. The summed E-state index contributed by atoms with van der Waals surface area (Å²) in [7, 11) is 4.08. The van der Waals surface area contributed by atoms with Crippen LogP contribution in [0.4, 0.5) is 4.39 Å². The molecule has 126 valence electrons. The molecule has 0 amide bonds. The molecule has 4 nitrogen and oxygen atoms in total. The minimum absolute atomic E-state index is 0.250. The number of β-amino-alcohol motifs (C(OH)–C–C–N with tert-alkyl or cyclic N) is 1. The smallest absolute Gasteiger partial charge is 0.123 e. The van der Waals surface area contributed by atoms with Crippen molar-refractivity contribution in [2.45, 2.75) is 6.10 Å². The minimum Gasteiger partial charge on any atom is -0.390 e. The molecule has 0 saturated carbocycles. The molecule has 0 spiro atoms. The first-order chi connectivity index (χ1) is 11.0. The van der Waals surface area contributed by atoms with Gasteiger partial charge in [0, 0.05) is 44.8 Å². The first-order valence-electron chi connectivity index (χ1n) is 8.05. The van der Waals surface area contributed by atoms with Crippen LogP contribution in [0.1, 0.15) is 5.56 Å². The number of aliphatic hydroxyl groups is 1. The Morgan fingerprint density at radius 3 is 2.52 bits per heavy atom. The summed E-state index contributed by atoms with van der Waals surface area (Å²) in [5, 5.41) is 10.2. The van der Waals surface area contributed by atoms with E-state index in [0.29, 0.717) is 19.6 Å². The molecule has 1 fully saturated rings. The zero-order valence-corrected chi connectivity index (χ0v) is 14.0. The van der Waals surface area contributed by atoms with Gasteiger partial charge in [-0.15, -0.1) is 0 Å². The van der Waals surface area contributed by atoms with E-state index in [4.69, 9.17) is 0 Å². The number of hydrogen-bond acceptors (Lipinski definition) is 4. The lowest BCUT2D eigenvalue weighted by Crippen LogP contribution is -2.48. The molecule has 2 rings (SSSR count). The van der Waals surface area contributed by atoms with E-state index in [-0.39, 0.29) is 11.9 Å². The SMILES string of the molecule is CN1CCN(CC(O)CN(C)CC#Cc2ccc(F)cc2)CC1. The summed E-state index contributed by atoms with van der Waals surface area (Å²) in [6.45, 7) is 6.05. The molecule has 5 heteroatoms. The van der Waals surface area contributed by atoms with Crippen LogP contribution in [0, 0.1) is 17.7 Å². The molecule has 0 bridgehead atoms. The van der Waals surface area contributed by atoms with Crippen LogP contribution in [-0.4, -0.2) is 85.8 Å². The molecule has 1 aromatic rings. The van der Waals surface area contributed by atoms with E-state index in [9.17, 15) is 9.50 Å². The van der Waals surface area contributed by atoms with Gasteiger partial charge in [0.05, 0.1) is 12.6 Å². The largest absolute Gasteiger partial charge is 0.390 e. The molecule has 1 saturated heterocycles. The van der Waals surface area contributed by atoms with Crippen LogP contribution in [0.5, 0.6) is 0 Å². The Balaban J connectivity index is 1.69. The Labute approximate surface area is 138 Å². The van der Waals surface area contributed by atoms with Gasteiger partial charge in [-0.2, -0.15) is 0 Å². The van der Waals surface area contributed by atoms with Gasteiger partial charge in [-0.3, -0.25) is 9.80 Å². The third-order valence-corrected chi connectivity index (χ3v) is 4.01. The van der Waals surface area contributed by atoms with Crippen LogP contribution < -0.4 is 0 Å². The molecular formula is C18H26FN3O. The van der Waals surface area contributed by atoms with Crippen LogP contribution >= 0.6 is 0 Å². The Hall–Kier alpha value is -1.45. The molecule has 0 radical (unpaired) electrons. The lowest BCUT2D eigenvalue weighted by molar-refractivity contribution is 0.0632. The average molecular weight is 319 g/mol. The standard InChI is InChI=1S/C18H26FN3O/c1-20-10-12-22(13-11-20)15-18(23)14-21(2)9-3-4-16-5-7-17(19)8-6-16/h5-8,18,23H,9-15H2,1-2H3. The number of likely N-dealkylation sites (N-methyl/N-ethyl adjacent to an activating group) is 2. The molecule has 1 aliphatic heterocycles. The highest BCUT2D eigenvalue weighted by Crippen LogP contribution is 2.02. The van der Waals surface area contributed by atoms with Crippen LogP contribution in [0.25, 0.3) is 0 Å². The highest BCUT2D eigenvalue weighted by atomic mass is 19.1. The number of hydrogen-bond donors (Lipinski definition) is 1. The van der Waals surface area contributed by atoms with Gasteiger partial charge in [-0.1, -0.05) is 11.8 Å². The normalized spacial score (nSPS) is 17.8. The highest BCUT2D eigenvalue weighted by molar-refractivity contribution is 5.34. The predicted molar refractivity (Wildman–Crippen MR) is 90.7 cm³/mol. The fourth-order valence-electron chi connectivity index (χ4n) is 2.62. The third kappa shape index (κ3) is 6.67. The number of halogens is 1. The summed E-state index contributed by atoms with van der Waals surface area (Å²) >= 11 is 0. The van der Waals surface area contributed by atoms with Gasteiger partial charge in [0.15, 0.2) is 0 Å². The van der Waals surface area contributed by atoms with Gasteiger partial charge in [0.25, 0.3) is 0 Å². The van der Waals surface area contributed by atoms with E-state index >= 15 is 0 Å². The lowest BCUT2D eigenvalue weighted by Gasteiger charge is -2.34. The molecule has 1 aliphatic rings. The summed E-state index contributed by atoms with van der Waals surface area (Å²) < 4.78 is 12.8. The Morgan fingerprint density at radius 2 is 1.87 bits per heavy atom. The Bertz CT molecular complexity index is 529. The Morgan fingerprint density at radius 1 is 1.22 bits per heavy atom. The minimum atomic E-state index is -0.365. The maximum atomic E-state index is 12.8. The van der Waals surface area contributed by atoms with Crippen molar-refractivity contribution in [2.75, 3.05) is 59.9 Å². The molecule has 1 aromatic carbocycles. The second-order valence-corrected chi connectivity index (χ2v) is 6.26. The zero-order chi connectivity index (χ0) is 16.7. The van der Waals surface area contributed by atoms with Gasteiger partial charge >= 0.3 is 0 Å². The fourth-order valence-corrected chi connectivity index (χ4v) is 2.62. The van der Waals surface area contributed by atoms with Crippen molar-refractivity contribution < 1.29 is 9.50 Å². The van der Waals surface area contributed by atoms with E-state index in [1.807, 2.05) is 11.9 Å². The quantitative estimate of drug-likeness (QED) is 0.810. The molecule has 0 aliphatic carbocycles. The topological polar surface area (TPSA) is 30.0 Å². The maximum absolute atomic E-state index is 12.8. The molecular weight excluding hydrogens is 293 g/mol. The fraction of sp³-hybridized carbons (Fsp3) is 0.556. The van der Waals surface area contributed by atoms with Crippen LogP contribution in [-0.2, 0) is 0 Å². The first-order valence-corrected chi connectivity index (χ1v) is 8.05. The van der Waals surface area contributed by atoms with E-state index in [2.05, 4.69) is 28.7 Å². The van der Waals surface area contributed by atoms with Crippen LogP contribution in [0.2, 0.25) is 0 Å². The highest BCUT2D eigenvalue weighted by Gasteiger charge is 2.17. The van der Waals surface area contributed by atoms with Gasteiger partial charge < -0.3 is 10.0 Å². The first kappa shape index (κ1) is 17.9. The van der Waals surface area contributed by atoms with Gasteiger partial charge in [-0.05, 0) is 38.4 Å². The molecule has 1 atom stereocenters. The number of nitrogens with zero attached hydrogens (tertiary/aromatic N) is 3. The molecule has 1 N–H and O–H groups in total. The monoisotopic (exact) mass is 319 g/mol. The van der Waals surface area contributed by atoms with Crippen molar-refractivity contribution >= 4 is 0 Å². The van der Waals surface area contributed by atoms with Gasteiger partial charge in [-0.25, -0.2) is 4.39 Å². The van der Waals surface area contributed by atoms with Crippen molar-refractivity contribution in [3.8, 4) is 11.8 Å².